The van der Waals surface area contributed by atoms with Gasteiger partial charge in [0.15, 0.2) is 0 Å². The van der Waals surface area contributed by atoms with Gasteiger partial charge in [0, 0.05) is 11.4 Å². The van der Waals surface area contributed by atoms with E-state index in [2.05, 4.69) is 84.0 Å². The molecule has 2 nitrogen and oxygen atoms in total. The van der Waals surface area contributed by atoms with Crippen molar-refractivity contribution in [3.63, 3.8) is 0 Å². The third kappa shape index (κ3) is 3.57. The Balaban J connectivity index is 2.17. The normalized spacial score (nSPS) is 11.2. The van der Waals surface area contributed by atoms with E-state index in [1.165, 1.54) is 27.8 Å². The minimum atomic E-state index is 0.425. The summed E-state index contributed by atoms with van der Waals surface area (Å²) in [6.07, 6.45) is 0. The predicted molar refractivity (Wildman–Crippen MR) is 119 cm³/mol. The molecule has 0 aliphatic heterocycles. The molecular weight excluding hydrogens is 328 g/mol. The second-order valence-electron chi connectivity index (χ2n) is 8.00. The fourth-order valence-electron chi connectivity index (χ4n) is 3.75. The zero-order valence-corrected chi connectivity index (χ0v) is 17.3. The van der Waals surface area contributed by atoms with Crippen LogP contribution in [0.2, 0.25) is 0 Å². The highest BCUT2D eigenvalue weighted by atomic mass is 14.6. The van der Waals surface area contributed by atoms with Gasteiger partial charge in [-0.2, -0.15) is 0 Å². The summed E-state index contributed by atoms with van der Waals surface area (Å²) in [5.41, 5.74) is 24.9. The van der Waals surface area contributed by atoms with E-state index in [1.807, 2.05) is 0 Å². The van der Waals surface area contributed by atoms with E-state index in [4.69, 9.17) is 11.5 Å². The Morgan fingerprint density at radius 1 is 0.593 bits per heavy atom. The van der Waals surface area contributed by atoms with Crippen molar-refractivity contribution in [3.05, 3.63) is 70.3 Å². The number of nitrogen functional groups attached to an aromatic ring is 2. The van der Waals surface area contributed by atoms with E-state index in [1.54, 1.807) is 0 Å². The highest BCUT2D eigenvalue weighted by molar-refractivity contribution is 5.78. The van der Waals surface area contributed by atoms with Crippen molar-refractivity contribution in [1.29, 1.82) is 0 Å². The van der Waals surface area contributed by atoms with Crippen molar-refractivity contribution in [2.45, 2.75) is 47.5 Å². The van der Waals surface area contributed by atoms with Crippen LogP contribution in [0.15, 0.2) is 42.5 Å². The Hall–Kier alpha value is -2.74. The Labute approximate surface area is 163 Å². The first kappa shape index (κ1) is 19.0. The van der Waals surface area contributed by atoms with Crippen LogP contribution in [0.1, 0.15) is 47.6 Å². The van der Waals surface area contributed by atoms with E-state index >= 15 is 0 Å². The lowest BCUT2D eigenvalue weighted by Crippen LogP contribution is -1.98. The van der Waals surface area contributed by atoms with Crippen LogP contribution >= 0.6 is 0 Å². The SMILES string of the molecule is Cc1cc(-c2ccc(-c3cc(C)c(N)c(C)c3)c(C(C)C)c2)cc(C)c1N. The molecule has 3 aromatic rings. The lowest BCUT2D eigenvalue weighted by atomic mass is 9.87. The molecule has 0 atom stereocenters. The molecule has 0 fully saturated rings. The summed E-state index contributed by atoms with van der Waals surface area (Å²) in [5.74, 6) is 0.425. The zero-order chi connectivity index (χ0) is 19.9. The maximum atomic E-state index is 6.16. The summed E-state index contributed by atoms with van der Waals surface area (Å²) >= 11 is 0. The fraction of sp³-hybridized carbons (Fsp3) is 0.280. The summed E-state index contributed by atoms with van der Waals surface area (Å²) in [5, 5.41) is 0. The minimum absolute atomic E-state index is 0.425. The van der Waals surface area contributed by atoms with Gasteiger partial charge >= 0.3 is 0 Å². The highest BCUT2D eigenvalue weighted by Gasteiger charge is 2.13. The molecule has 2 heteroatoms. The Kier molecular flexibility index (Phi) is 5.01. The summed E-state index contributed by atoms with van der Waals surface area (Å²) in [6, 6.07) is 15.5. The Morgan fingerprint density at radius 2 is 1.04 bits per heavy atom. The summed E-state index contributed by atoms with van der Waals surface area (Å²) < 4.78 is 0. The quantitative estimate of drug-likeness (QED) is 0.522. The van der Waals surface area contributed by atoms with Crippen molar-refractivity contribution in [3.8, 4) is 22.3 Å². The van der Waals surface area contributed by atoms with Crippen LogP contribution in [0, 0.1) is 27.7 Å². The van der Waals surface area contributed by atoms with Gasteiger partial charge in [0.2, 0.25) is 0 Å². The van der Waals surface area contributed by atoms with E-state index < -0.39 is 0 Å². The molecule has 0 saturated carbocycles. The minimum Gasteiger partial charge on any atom is -0.398 e. The largest absolute Gasteiger partial charge is 0.398 e. The Bertz CT molecular complexity index is 967. The van der Waals surface area contributed by atoms with Crippen molar-refractivity contribution < 1.29 is 0 Å². The van der Waals surface area contributed by atoms with Gasteiger partial charge in [0.1, 0.15) is 0 Å². The molecule has 0 bridgehead atoms. The molecule has 0 heterocycles. The second-order valence-corrected chi connectivity index (χ2v) is 8.00. The first-order valence-electron chi connectivity index (χ1n) is 9.57. The fourth-order valence-corrected chi connectivity index (χ4v) is 3.75. The molecule has 3 aromatic carbocycles. The van der Waals surface area contributed by atoms with Crippen molar-refractivity contribution in [1.82, 2.24) is 0 Å². The number of aryl methyl sites for hydroxylation is 4. The first-order chi connectivity index (χ1) is 12.7. The van der Waals surface area contributed by atoms with Crippen LogP contribution in [-0.2, 0) is 0 Å². The number of benzene rings is 3. The average Bonchev–Trinajstić information content (AvgIpc) is 2.62. The van der Waals surface area contributed by atoms with Crippen LogP contribution in [0.3, 0.4) is 0 Å². The summed E-state index contributed by atoms with van der Waals surface area (Å²) in [4.78, 5) is 0. The second kappa shape index (κ2) is 7.11. The molecule has 140 valence electrons. The summed E-state index contributed by atoms with van der Waals surface area (Å²) in [7, 11) is 0. The summed E-state index contributed by atoms with van der Waals surface area (Å²) in [6.45, 7) is 12.8. The van der Waals surface area contributed by atoms with Gasteiger partial charge in [-0.25, -0.2) is 0 Å². The molecule has 0 aliphatic carbocycles. The van der Waals surface area contributed by atoms with E-state index in [0.717, 1.165) is 33.6 Å². The molecule has 0 aromatic heterocycles. The van der Waals surface area contributed by atoms with E-state index in [-0.39, 0.29) is 0 Å². The van der Waals surface area contributed by atoms with Crippen molar-refractivity contribution >= 4 is 11.4 Å². The van der Waals surface area contributed by atoms with Gasteiger partial charge < -0.3 is 11.5 Å². The first-order valence-corrected chi connectivity index (χ1v) is 9.57. The third-order valence-electron chi connectivity index (χ3n) is 5.51. The third-order valence-corrected chi connectivity index (χ3v) is 5.51. The van der Waals surface area contributed by atoms with Gasteiger partial charge in [-0.3, -0.25) is 0 Å². The van der Waals surface area contributed by atoms with Crippen molar-refractivity contribution in [2.75, 3.05) is 11.5 Å². The lowest BCUT2D eigenvalue weighted by molar-refractivity contribution is 0.869. The number of anilines is 2. The smallest absolute Gasteiger partial charge is 0.0373 e. The molecule has 0 radical (unpaired) electrons. The molecule has 0 aliphatic rings. The molecule has 0 unspecified atom stereocenters. The number of rotatable bonds is 3. The highest BCUT2D eigenvalue weighted by Crippen LogP contribution is 2.36. The van der Waals surface area contributed by atoms with Gasteiger partial charge in [0.25, 0.3) is 0 Å². The maximum absolute atomic E-state index is 6.16. The van der Waals surface area contributed by atoms with Gasteiger partial charge in [-0.15, -0.1) is 0 Å². The molecule has 0 spiro atoms. The number of hydrogen-bond acceptors (Lipinski definition) is 2. The lowest BCUT2D eigenvalue weighted by Gasteiger charge is -2.18. The Morgan fingerprint density at radius 3 is 1.48 bits per heavy atom. The van der Waals surface area contributed by atoms with Gasteiger partial charge in [-0.1, -0.05) is 32.0 Å². The van der Waals surface area contributed by atoms with E-state index in [0.29, 0.717) is 5.92 Å². The van der Waals surface area contributed by atoms with Gasteiger partial charge in [-0.05, 0) is 108 Å². The van der Waals surface area contributed by atoms with Crippen LogP contribution in [-0.4, -0.2) is 0 Å². The number of nitrogens with two attached hydrogens (primary N) is 2. The maximum Gasteiger partial charge on any atom is 0.0373 e. The van der Waals surface area contributed by atoms with Crippen LogP contribution in [0.4, 0.5) is 11.4 Å². The van der Waals surface area contributed by atoms with Crippen LogP contribution < -0.4 is 11.5 Å². The molecule has 3 rings (SSSR count). The topological polar surface area (TPSA) is 52.0 Å². The molecular formula is C25H30N2. The van der Waals surface area contributed by atoms with Crippen molar-refractivity contribution in [2.24, 2.45) is 0 Å². The monoisotopic (exact) mass is 358 g/mol. The predicted octanol–water partition coefficient (Wildman–Crippen LogP) is 6.54. The molecule has 0 amide bonds. The number of hydrogen-bond donors (Lipinski definition) is 2. The van der Waals surface area contributed by atoms with Crippen LogP contribution in [0.5, 0.6) is 0 Å². The average molecular weight is 359 g/mol. The standard InChI is InChI=1S/C25H30N2/c1-14(2)23-13-19(20-9-15(3)24(26)16(4)10-20)7-8-22(23)21-11-17(5)25(27)18(6)12-21/h7-14H,26-27H2,1-6H3. The van der Waals surface area contributed by atoms with Gasteiger partial charge in [0.05, 0.1) is 0 Å². The van der Waals surface area contributed by atoms with E-state index in [9.17, 15) is 0 Å². The molecule has 4 N–H and O–H groups in total. The molecule has 27 heavy (non-hydrogen) atoms. The van der Waals surface area contributed by atoms with Crippen LogP contribution in [0.25, 0.3) is 22.3 Å². The molecule has 0 saturated heterocycles. The zero-order valence-electron chi connectivity index (χ0n) is 17.3.